The van der Waals surface area contributed by atoms with Gasteiger partial charge < -0.3 is 29.4 Å². The van der Waals surface area contributed by atoms with E-state index >= 15 is 0 Å². The number of carboxylic acid groups (broad SMARTS) is 1. The van der Waals surface area contributed by atoms with Crippen LogP contribution in [0.3, 0.4) is 0 Å². The van der Waals surface area contributed by atoms with E-state index in [0.29, 0.717) is 59.0 Å². The van der Waals surface area contributed by atoms with Gasteiger partial charge in [0.05, 0.1) is 51.7 Å². The molecule has 2 N–H and O–H groups in total. The Morgan fingerprint density at radius 2 is 1.43 bits per heavy atom. The fraction of sp³-hybridized carbons (Fsp3) is 0.286. The summed E-state index contributed by atoms with van der Waals surface area (Å²) < 4.78 is 21.6. The minimum atomic E-state index is -1.05. The average Bonchev–Trinajstić information content (AvgIpc) is 2.91. The maximum atomic E-state index is 11.4. The largest absolute Gasteiger partial charge is 0.490 e. The van der Waals surface area contributed by atoms with E-state index < -0.39 is 5.97 Å². The molecule has 40 heavy (non-hydrogen) atoms. The van der Waals surface area contributed by atoms with Crippen molar-refractivity contribution in [3.05, 3.63) is 79.7 Å². The number of ether oxygens (including phenoxy) is 4. The van der Waals surface area contributed by atoms with E-state index in [-0.39, 0.29) is 41.2 Å². The summed E-state index contributed by atoms with van der Waals surface area (Å²) in [5.41, 5.74) is 1.86. The summed E-state index contributed by atoms with van der Waals surface area (Å²) in [5, 5.41) is 13.6. The highest BCUT2D eigenvalue weighted by Crippen LogP contribution is 2.37. The van der Waals surface area contributed by atoms with E-state index in [4.69, 9.17) is 60.6 Å². The van der Waals surface area contributed by atoms with Crippen LogP contribution in [0.1, 0.15) is 28.8 Å². The van der Waals surface area contributed by atoms with Gasteiger partial charge in [0.1, 0.15) is 6.61 Å². The number of aromatic carboxylic acids is 1. The molecule has 214 valence electrons. The highest BCUT2D eigenvalue weighted by molar-refractivity contribution is 6.38. The number of carboxylic acids is 1. The number of benzene rings is 3. The van der Waals surface area contributed by atoms with Crippen LogP contribution < -0.4 is 14.8 Å². The number of anilines is 2. The highest BCUT2D eigenvalue weighted by atomic mass is 35.5. The average molecular weight is 631 g/mol. The number of aryl methyl sites for hydroxylation is 1. The van der Waals surface area contributed by atoms with Crippen LogP contribution in [-0.4, -0.2) is 50.6 Å². The minimum Gasteiger partial charge on any atom is -0.490 e. The van der Waals surface area contributed by atoms with E-state index in [1.807, 2.05) is 0 Å². The Labute approximate surface area is 252 Å². The molecule has 0 saturated carbocycles. The van der Waals surface area contributed by atoms with Gasteiger partial charge in [-0.2, -0.15) is 0 Å². The molecule has 0 aliphatic heterocycles. The van der Waals surface area contributed by atoms with Gasteiger partial charge in [-0.3, -0.25) is 4.79 Å². The van der Waals surface area contributed by atoms with Crippen molar-refractivity contribution in [2.45, 2.75) is 19.3 Å². The zero-order valence-corrected chi connectivity index (χ0v) is 24.5. The van der Waals surface area contributed by atoms with E-state index in [0.717, 1.165) is 5.56 Å². The predicted octanol–water partition coefficient (Wildman–Crippen LogP) is 7.71. The zero-order valence-electron chi connectivity index (χ0n) is 21.5. The molecule has 0 fully saturated rings. The smallest absolute Gasteiger partial charge is 0.337 e. The number of carbonyl (C=O) groups excluding carboxylic acids is 1. The molecular weight excluding hydrogens is 604 g/mol. The highest BCUT2D eigenvalue weighted by Gasteiger charge is 2.14. The van der Waals surface area contributed by atoms with Gasteiger partial charge >= 0.3 is 11.9 Å². The van der Waals surface area contributed by atoms with Crippen LogP contribution in [0.5, 0.6) is 11.5 Å². The molecule has 3 aromatic carbocycles. The maximum Gasteiger partial charge on any atom is 0.337 e. The fourth-order valence-electron chi connectivity index (χ4n) is 3.59. The molecule has 0 saturated heterocycles. The molecule has 0 bridgehead atoms. The van der Waals surface area contributed by atoms with Crippen molar-refractivity contribution in [3.63, 3.8) is 0 Å². The van der Waals surface area contributed by atoms with Crippen LogP contribution in [0.2, 0.25) is 20.1 Å². The molecule has 0 aliphatic carbocycles. The molecule has 0 aliphatic rings. The number of hydrogen-bond donors (Lipinski definition) is 2. The molecule has 0 atom stereocenters. The van der Waals surface area contributed by atoms with Gasteiger partial charge in [0.25, 0.3) is 0 Å². The van der Waals surface area contributed by atoms with Crippen LogP contribution in [0, 0.1) is 0 Å². The zero-order chi connectivity index (χ0) is 29.1. The molecule has 0 unspecified atom stereocenters. The Morgan fingerprint density at radius 3 is 2.05 bits per heavy atom. The number of nitrogens with one attached hydrogen (secondary N) is 1. The summed E-state index contributed by atoms with van der Waals surface area (Å²) in [6.45, 7) is 1.23. The third kappa shape index (κ3) is 9.35. The van der Waals surface area contributed by atoms with E-state index in [1.165, 1.54) is 13.2 Å². The van der Waals surface area contributed by atoms with Gasteiger partial charge in [0.15, 0.2) is 11.5 Å². The summed E-state index contributed by atoms with van der Waals surface area (Å²) in [4.78, 5) is 22.8. The quantitative estimate of drug-likeness (QED) is 0.130. The van der Waals surface area contributed by atoms with Crippen LogP contribution in [-0.2, 0) is 20.7 Å². The van der Waals surface area contributed by atoms with Crippen LogP contribution in [0.25, 0.3) is 0 Å². The number of rotatable bonds is 15. The first-order valence-corrected chi connectivity index (χ1v) is 13.7. The summed E-state index contributed by atoms with van der Waals surface area (Å²) in [6.07, 6.45) is 1.27. The van der Waals surface area contributed by atoms with E-state index in [9.17, 15) is 14.7 Å². The third-order valence-electron chi connectivity index (χ3n) is 5.49. The van der Waals surface area contributed by atoms with Gasteiger partial charge in [-0.15, -0.1) is 0 Å². The van der Waals surface area contributed by atoms with Crippen LogP contribution in [0.15, 0.2) is 48.5 Å². The van der Waals surface area contributed by atoms with E-state index in [1.54, 1.807) is 42.5 Å². The van der Waals surface area contributed by atoms with Crippen LogP contribution in [0.4, 0.5) is 11.4 Å². The Bertz CT molecular complexity index is 1290. The number of hydrogen-bond acceptors (Lipinski definition) is 7. The van der Waals surface area contributed by atoms with E-state index in [2.05, 4.69) is 10.1 Å². The van der Waals surface area contributed by atoms with Crippen molar-refractivity contribution in [3.8, 4) is 11.5 Å². The number of para-hydroxylation sites is 1. The number of methoxy groups -OCH3 is 1. The first kappa shape index (κ1) is 31.6. The van der Waals surface area contributed by atoms with Crippen molar-refractivity contribution >= 4 is 69.7 Å². The van der Waals surface area contributed by atoms with Crippen molar-refractivity contribution in [2.24, 2.45) is 0 Å². The minimum absolute atomic E-state index is 0.120. The molecule has 3 rings (SSSR count). The first-order chi connectivity index (χ1) is 19.2. The lowest BCUT2D eigenvalue weighted by Crippen LogP contribution is -2.10. The molecule has 0 amide bonds. The van der Waals surface area contributed by atoms with Gasteiger partial charge in [0, 0.05) is 25.1 Å². The summed E-state index contributed by atoms with van der Waals surface area (Å²) in [5.74, 6) is -0.688. The SMILES string of the molecule is COC(=O)CCc1cc(Cl)c(OCCCOCCOc2c(Cl)cc(Nc3ccccc3C(=O)O)cc2Cl)c(Cl)c1. The van der Waals surface area contributed by atoms with Crippen molar-refractivity contribution in [1.82, 2.24) is 0 Å². The van der Waals surface area contributed by atoms with Crippen molar-refractivity contribution < 1.29 is 33.6 Å². The summed E-state index contributed by atoms with van der Waals surface area (Å²) >= 11 is 25.3. The number of esters is 1. The third-order valence-corrected chi connectivity index (χ3v) is 6.61. The van der Waals surface area contributed by atoms with Gasteiger partial charge in [-0.25, -0.2) is 4.79 Å². The second-order valence-corrected chi connectivity index (χ2v) is 10.0. The first-order valence-electron chi connectivity index (χ1n) is 12.2. The predicted molar refractivity (Wildman–Crippen MR) is 156 cm³/mol. The van der Waals surface area contributed by atoms with Gasteiger partial charge in [-0.1, -0.05) is 58.5 Å². The maximum absolute atomic E-state index is 11.4. The Hall–Kier alpha value is -2.88. The summed E-state index contributed by atoms with van der Waals surface area (Å²) in [7, 11) is 1.34. The normalized spacial score (nSPS) is 10.7. The lowest BCUT2D eigenvalue weighted by atomic mass is 10.1. The lowest BCUT2D eigenvalue weighted by molar-refractivity contribution is -0.140. The molecular formula is C28H27Cl4NO7. The summed E-state index contributed by atoms with van der Waals surface area (Å²) in [6, 6.07) is 13.1. The molecule has 0 heterocycles. The molecule has 0 aromatic heterocycles. The number of carbonyl (C=O) groups is 2. The Morgan fingerprint density at radius 1 is 0.825 bits per heavy atom. The number of halogens is 4. The Balaban J connectivity index is 1.39. The molecule has 0 spiro atoms. The fourth-order valence-corrected chi connectivity index (χ4v) is 4.82. The van der Waals surface area contributed by atoms with Crippen molar-refractivity contribution in [1.29, 1.82) is 0 Å². The Kier molecular flexibility index (Phi) is 12.5. The molecule has 0 radical (unpaired) electrons. The van der Waals surface area contributed by atoms with Gasteiger partial charge in [-0.05, 0) is 48.4 Å². The second kappa shape index (κ2) is 15.8. The molecule has 8 nitrogen and oxygen atoms in total. The molecule has 3 aromatic rings. The van der Waals surface area contributed by atoms with Crippen LogP contribution >= 0.6 is 46.4 Å². The standard InChI is InChI=1S/C28H27Cl4NO7/c1-37-25(34)8-7-17-13-20(29)26(21(30)14-17)39-10-4-9-38-11-12-40-27-22(31)15-18(16-23(27)32)33-24-6-3-2-5-19(24)28(35)36/h2-3,5-6,13-16,33H,4,7-12H2,1H3,(H,35,36). The monoisotopic (exact) mass is 629 g/mol. The van der Waals surface area contributed by atoms with Gasteiger partial charge in [0.2, 0.25) is 0 Å². The topological polar surface area (TPSA) is 103 Å². The van der Waals surface area contributed by atoms with Crippen molar-refractivity contribution in [2.75, 3.05) is 38.9 Å². The molecule has 12 heteroatoms. The lowest BCUT2D eigenvalue weighted by Gasteiger charge is -2.14. The second-order valence-electron chi connectivity index (χ2n) is 8.37.